The Hall–Kier alpha value is -2.24. The van der Waals surface area contributed by atoms with Crippen molar-refractivity contribution in [2.24, 2.45) is 0 Å². The van der Waals surface area contributed by atoms with E-state index in [1.807, 2.05) is 49.4 Å². The van der Waals surface area contributed by atoms with Crippen LogP contribution < -0.4 is 15.5 Å². The van der Waals surface area contributed by atoms with Gasteiger partial charge >= 0.3 is 0 Å². The molecule has 1 saturated heterocycles. The van der Waals surface area contributed by atoms with Crippen molar-refractivity contribution in [3.05, 3.63) is 53.1 Å². The van der Waals surface area contributed by atoms with Crippen molar-refractivity contribution in [1.82, 2.24) is 0 Å². The van der Waals surface area contributed by atoms with Crippen LogP contribution in [0, 0.1) is 6.92 Å². The van der Waals surface area contributed by atoms with Crippen LogP contribution >= 0.6 is 11.6 Å². The Morgan fingerprint density at radius 2 is 1.92 bits per heavy atom. The van der Waals surface area contributed by atoms with E-state index in [4.69, 9.17) is 16.3 Å². The average molecular weight is 374 g/mol. The lowest BCUT2D eigenvalue weighted by molar-refractivity contribution is -0.115. The quantitative estimate of drug-likeness (QED) is 0.805. The van der Waals surface area contributed by atoms with Gasteiger partial charge in [-0.1, -0.05) is 23.7 Å². The van der Waals surface area contributed by atoms with Crippen LogP contribution in [0.25, 0.3) is 0 Å². The predicted octanol–water partition coefficient (Wildman–Crippen LogP) is 3.93. The normalized spacial score (nSPS) is 14.2. The van der Waals surface area contributed by atoms with Crippen LogP contribution in [0.15, 0.2) is 42.5 Å². The monoisotopic (exact) mass is 373 g/mol. The van der Waals surface area contributed by atoms with Crippen molar-refractivity contribution in [3.63, 3.8) is 0 Å². The van der Waals surface area contributed by atoms with E-state index in [0.29, 0.717) is 31.2 Å². The second-order valence-corrected chi connectivity index (χ2v) is 6.74. The van der Waals surface area contributed by atoms with E-state index < -0.39 is 0 Å². The number of ether oxygens (including phenoxy) is 1. The van der Waals surface area contributed by atoms with E-state index >= 15 is 0 Å². The summed E-state index contributed by atoms with van der Waals surface area (Å²) in [5.74, 6) is -0.00942. The first kappa shape index (κ1) is 18.5. The van der Waals surface area contributed by atoms with Gasteiger partial charge in [-0.05, 0) is 42.8 Å². The average Bonchev–Trinajstić information content (AvgIpc) is 2.65. The number of hydrogen-bond donors (Lipinski definition) is 2. The van der Waals surface area contributed by atoms with Gasteiger partial charge in [-0.15, -0.1) is 0 Å². The van der Waals surface area contributed by atoms with Crippen molar-refractivity contribution in [3.8, 4) is 0 Å². The van der Waals surface area contributed by atoms with Crippen molar-refractivity contribution in [1.29, 1.82) is 0 Å². The SMILES string of the molecule is Cc1cc(Cl)ccc1NCCC(=O)Nc1ccccc1N1CCOCC1. The molecule has 2 aromatic rings. The molecule has 1 aliphatic heterocycles. The highest BCUT2D eigenvalue weighted by Gasteiger charge is 2.15. The molecule has 1 aliphatic rings. The molecule has 0 bridgehead atoms. The summed E-state index contributed by atoms with van der Waals surface area (Å²) >= 11 is 5.97. The molecule has 0 spiro atoms. The van der Waals surface area contributed by atoms with E-state index in [9.17, 15) is 4.79 Å². The summed E-state index contributed by atoms with van der Waals surface area (Å²) in [6, 6.07) is 13.6. The molecule has 0 atom stereocenters. The van der Waals surface area contributed by atoms with E-state index in [1.165, 1.54) is 0 Å². The molecule has 0 radical (unpaired) electrons. The Labute approximate surface area is 159 Å². The first-order chi connectivity index (χ1) is 12.6. The first-order valence-corrected chi connectivity index (χ1v) is 9.23. The van der Waals surface area contributed by atoms with Gasteiger partial charge in [-0.25, -0.2) is 0 Å². The summed E-state index contributed by atoms with van der Waals surface area (Å²) in [7, 11) is 0. The molecule has 26 heavy (non-hydrogen) atoms. The summed E-state index contributed by atoms with van der Waals surface area (Å²) in [6.07, 6.45) is 0.388. The maximum absolute atomic E-state index is 12.4. The molecule has 0 unspecified atom stereocenters. The molecule has 138 valence electrons. The predicted molar refractivity (Wildman–Crippen MR) is 107 cm³/mol. The molecule has 0 aromatic heterocycles. The van der Waals surface area contributed by atoms with Crippen molar-refractivity contribution < 1.29 is 9.53 Å². The van der Waals surface area contributed by atoms with Gasteiger partial charge in [-0.3, -0.25) is 4.79 Å². The molecular weight excluding hydrogens is 350 g/mol. The molecule has 2 N–H and O–H groups in total. The number of aryl methyl sites for hydroxylation is 1. The highest BCUT2D eigenvalue weighted by molar-refractivity contribution is 6.30. The third kappa shape index (κ3) is 4.90. The summed E-state index contributed by atoms with van der Waals surface area (Å²) < 4.78 is 5.41. The minimum Gasteiger partial charge on any atom is -0.384 e. The molecule has 5 nitrogen and oxygen atoms in total. The number of benzene rings is 2. The molecular formula is C20H24ClN3O2. The minimum atomic E-state index is -0.00942. The molecule has 3 rings (SSSR count). The fraction of sp³-hybridized carbons (Fsp3) is 0.350. The number of anilines is 3. The number of carbonyl (C=O) groups excluding carboxylic acids is 1. The molecule has 1 fully saturated rings. The van der Waals surface area contributed by atoms with E-state index in [2.05, 4.69) is 15.5 Å². The Bertz CT molecular complexity index is 760. The number of amides is 1. The lowest BCUT2D eigenvalue weighted by atomic mass is 10.2. The van der Waals surface area contributed by atoms with Crippen molar-refractivity contribution >= 4 is 34.6 Å². The Morgan fingerprint density at radius 1 is 1.15 bits per heavy atom. The molecule has 6 heteroatoms. The number of nitrogens with zero attached hydrogens (tertiary/aromatic N) is 1. The van der Waals surface area contributed by atoms with Crippen LogP contribution in [-0.2, 0) is 9.53 Å². The third-order valence-corrected chi connectivity index (χ3v) is 4.62. The fourth-order valence-electron chi connectivity index (χ4n) is 3.01. The zero-order valence-electron chi connectivity index (χ0n) is 14.9. The van der Waals surface area contributed by atoms with Crippen LogP contribution in [-0.4, -0.2) is 38.8 Å². The second-order valence-electron chi connectivity index (χ2n) is 6.30. The maximum atomic E-state index is 12.4. The van der Waals surface area contributed by atoms with Gasteiger partial charge in [-0.2, -0.15) is 0 Å². The largest absolute Gasteiger partial charge is 0.384 e. The van der Waals surface area contributed by atoms with Crippen LogP contribution in [0.4, 0.5) is 17.1 Å². The molecule has 1 amide bonds. The highest BCUT2D eigenvalue weighted by atomic mass is 35.5. The van der Waals surface area contributed by atoms with Gasteiger partial charge < -0.3 is 20.3 Å². The molecule has 0 aliphatic carbocycles. The number of hydrogen-bond acceptors (Lipinski definition) is 4. The molecule has 2 aromatic carbocycles. The molecule has 1 heterocycles. The van der Waals surface area contributed by atoms with Gasteiger partial charge in [0.05, 0.1) is 24.6 Å². The summed E-state index contributed by atoms with van der Waals surface area (Å²) in [6.45, 7) is 5.66. The Kier molecular flexibility index (Phi) is 6.36. The van der Waals surface area contributed by atoms with Crippen LogP contribution in [0.3, 0.4) is 0 Å². The maximum Gasteiger partial charge on any atom is 0.226 e. The zero-order chi connectivity index (χ0) is 18.4. The zero-order valence-corrected chi connectivity index (χ0v) is 15.7. The number of nitrogens with one attached hydrogen (secondary N) is 2. The fourth-order valence-corrected chi connectivity index (χ4v) is 3.23. The van der Waals surface area contributed by atoms with E-state index in [-0.39, 0.29) is 5.91 Å². The van der Waals surface area contributed by atoms with Crippen molar-refractivity contribution in [2.75, 3.05) is 48.4 Å². The smallest absolute Gasteiger partial charge is 0.226 e. The lowest BCUT2D eigenvalue weighted by Gasteiger charge is -2.30. The van der Waals surface area contributed by atoms with E-state index in [0.717, 1.165) is 35.7 Å². The number of halogens is 1. The van der Waals surface area contributed by atoms with Crippen LogP contribution in [0.1, 0.15) is 12.0 Å². The Morgan fingerprint density at radius 3 is 2.69 bits per heavy atom. The van der Waals surface area contributed by atoms with Gasteiger partial charge in [0.25, 0.3) is 0 Å². The number of para-hydroxylation sites is 2. The summed E-state index contributed by atoms with van der Waals surface area (Å²) in [5.41, 5.74) is 3.96. The number of morpholine rings is 1. The van der Waals surface area contributed by atoms with Gasteiger partial charge in [0.15, 0.2) is 0 Å². The number of carbonyl (C=O) groups is 1. The second kappa shape index (κ2) is 8.92. The standard InChI is InChI=1S/C20H24ClN3O2/c1-15-14-16(21)6-7-17(15)22-9-8-20(25)23-18-4-2-3-5-19(18)24-10-12-26-13-11-24/h2-7,14,22H,8-13H2,1H3,(H,23,25). The van der Waals surface area contributed by atoms with Gasteiger partial charge in [0.1, 0.15) is 0 Å². The molecule has 0 saturated carbocycles. The summed E-state index contributed by atoms with van der Waals surface area (Å²) in [5, 5.41) is 7.04. The first-order valence-electron chi connectivity index (χ1n) is 8.85. The third-order valence-electron chi connectivity index (χ3n) is 4.39. The topological polar surface area (TPSA) is 53.6 Å². The van der Waals surface area contributed by atoms with Gasteiger partial charge in [0.2, 0.25) is 5.91 Å². The highest BCUT2D eigenvalue weighted by Crippen LogP contribution is 2.26. The van der Waals surface area contributed by atoms with Crippen molar-refractivity contribution in [2.45, 2.75) is 13.3 Å². The lowest BCUT2D eigenvalue weighted by Crippen LogP contribution is -2.36. The minimum absolute atomic E-state index is 0.00942. The number of rotatable bonds is 6. The summed E-state index contributed by atoms with van der Waals surface area (Å²) in [4.78, 5) is 14.6. The Balaban J connectivity index is 1.55. The van der Waals surface area contributed by atoms with Crippen LogP contribution in [0.5, 0.6) is 0 Å². The van der Waals surface area contributed by atoms with Crippen LogP contribution in [0.2, 0.25) is 5.02 Å². The van der Waals surface area contributed by atoms with Gasteiger partial charge in [0, 0.05) is 36.8 Å². The van der Waals surface area contributed by atoms with E-state index in [1.54, 1.807) is 0 Å².